The van der Waals surface area contributed by atoms with Crippen LogP contribution in [0.2, 0.25) is 5.02 Å². The van der Waals surface area contributed by atoms with Gasteiger partial charge in [0.25, 0.3) is 0 Å². The molecular formula is C14H20ClFN2. The minimum Gasteiger partial charge on any atom is -0.326 e. The summed E-state index contributed by atoms with van der Waals surface area (Å²) in [6, 6.07) is 4.60. The van der Waals surface area contributed by atoms with Crippen molar-refractivity contribution in [1.82, 2.24) is 4.90 Å². The smallest absolute Gasteiger partial charge is 0.129 e. The Morgan fingerprint density at radius 2 is 2.06 bits per heavy atom. The Labute approximate surface area is 113 Å². The van der Waals surface area contributed by atoms with Crippen LogP contribution in [0.3, 0.4) is 0 Å². The van der Waals surface area contributed by atoms with Gasteiger partial charge in [-0.05, 0) is 39.3 Å². The van der Waals surface area contributed by atoms with E-state index in [9.17, 15) is 4.39 Å². The first-order valence-corrected chi connectivity index (χ1v) is 6.66. The van der Waals surface area contributed by atoms with Gasteiger partial charge in [-0.25, -0.2) is 4.39 Å². The third-order valence-corrected chi connectivity index (χ3v) is 3.93. The Morgan fingerprint density at radius 3 is 2.61 bits per heavy atom. The Balaban J connectivity index is 2.47. The topological polar surface area (TPSA) is 29.3 Å². The fourth-order valence-electron chi connectivity index (χ4n) is 2.73. The number of likely N-dealkylation sites (tertiary alicyclic amines) is 1. The van der Waals surface area contributed by atoms with Crippen LogP contribution in [0.4, 0.5) is 4.39 Å². The molecule has 1 saturated heterocycles. The summed E-state index contributed by atoms with van der Waals surface area (Å²) in [5.41, 5.74) is 6.66. The third kappa shape index (κ3) is 2.40. The Kier molecular flexibility index (Phi) is 3.67. The van der Waals surface area contributed by atoms with E-state index in [4.69, 9.17) is 17.3 Å². The zero-order chi connectivity index (χ0) is 13.5. The monoisotopic (exact) mass is 270 g/mol. The van der Waals surface area contributed by atoms with E-state index in [2.05, 4.69) is 25.7 Å². The van der Waals surface area contributed by atoms with Gasteiger partial charge in [-0.1, -0.05) is 17.7 Å². The van der Waals surface area contributed by atoms with Crippen molar-refractivity contribution in [1.29, 1.82) is 0 Å². The molecule has 100 valence electrons. The fraction of sp³-hybridized carbons (Fsp3) is 0.571. The molecule has 0 bridgehead atoms. The molecule has 18 heavy (non-hydrogen) atoms. The van der Waals surface area contributed by atoms with Crippen LogP contribution in [-0.2, 0) is 0 Å². The van der Waals surface area contributed by atoms with Crippen molar-refractivity contribution in [3.8, 4) is 0 Å². The molecule has 2 N–H and O–H groups in total. The molecule has 1 aromatic carbocycles. The highest BCUT2D eigenvalue weighted by atomic mass is 35.5. The van der Waals surface area contributed by atoms with Crippen LogP contribution in [0.1, 0.15) is 38.8 Å². The first-order chi connectivity index (χ1) is 8.32. The molecule has 0 amide bonds. The van der Waals surface area contributed by atoms with Gasteiger partial charge in [0.05, 0.1) is 6.04 Å². The van der Waals surface area contributed by atoms with Crippen LogP contribution >= 0.6 is 11.6 Å². The summed E-state index contributed by atoms with van der Waals surface area (Å²) >= 11 is 6.17. The molecule has 1 fully saturated rings. The first-order valence-electron chi connectivity index (χ1n) is 6.28. The molecule has 0 radical (unpaired) electrons. The Bertz CT molecular complexity index is 422. The molecule has 0 aromatic heterocycles. The SMILES string of the molecule is CC(C)(C)N1CCC(N)C1c1c(F)cccc1Cl. The summed E-state index contributed by atoms with van der Waals surface area (Å²) in [5.74, 6) is -0.265. The molecule has 2 nitrogen and oxygen atoms in total. The van der Waals surface area contributed by atoms with E-state index in [0.29, 0.717) is 10.6 Å². The summed E-state index contributed by atoms with van der Waals surface area (Å²) in [6.45, 7) is 7.23. The second-order valence-electron chi connectivity index (χ2n) is 5.90. The molecule has 1 aromatic rings. The van der Waals surface area contributed by atoms with Gasteiger partial charge in [0, 0.05) is 28.7 Å². The number of nitrogens with two attached hydrogens (primary N) is 1. The molecule has 4 heteroatoms. The number of hydrogen-bond acceptors (Lipinski definition) is 2. The van der Waals surface area contributed by atoms with Gasteiger partial charge in [0.1, 0.15) is 5.82 Å². The van der Waals surface area contributed by atoms with Gasteiger partial charge in [0.2, 0.25) is 0 Å². The lowest BCUT2D eigenvalue weighted by molar-refractivity contribution is 0.115. The van der Waals surface area contributed by atoms with Crippen LogP contribution in [0.15, 0.2) is 18.2 Å². The molecule has 0 spiro atoms. The van der Waals surface area contributed by atoms with Gasteiger partial charge in [-0.2, -0.15) is 0 Å². The number of hydrogen-bond donors (Lipinski definition) is 1. The van der Waals surface area contributed by atoms with E-state index in [0.717, 1.165) is 13.0 Å². The Hall–Kier alpha value is -0.640. The van der Waals surface area contributed by atoms with Crippen LogP contribution in [0.25, 0.3) is 0 Å². The second kappa shape index (κ2) is 4.80. The van der Waals surface area contributed by atoms with Crippen molar-refractivity contribution < 1.29 is 4.39 Å². The van der Waals surface area contributed by atoms with Crippen molar-refractivity contribution >= 4 is 11.6 Å². The summed E-state index contributed by atoms with van der Waals surface area (Å²) in [4.78, 5) is 2.24. The maximum Gasteiger partial charge on any atom is 0.129 e. The summed E-state index contributed by atoms with van der Waals surface area (Å²) in [6.07, 6.45) is 0.868. The molecule has 2 rings (SSSR count). The standard InChI is InChI=1S/C14H20ClFN2/c1-14(2,3)18-8-7-11(17)13(18)12-9(15)5-4-6-10(12)16/h4-6,11,13H,7-8,17H2,1-3H3. The van der Waals surface area contributed by atoms with Gasteiger partial charge in [0.15, 0.2) is 0 Å². The number of halogens is 2. The van der Waals surface area contributed by atoms with Gasteiger partial charge in [-0.3, -0.25) is 4.90 Å². The largest absolute Gasteiger partial charge is 0.326 e. The van der Waals surface area contributed by atoms with Crippen molar-refractivity contribution in [3.05, 3.63) is 34.6 Å². The molecule has 2 unspecified atom stereocenters. The second-order valence-corrected chi connectivity index (χ2v) is 6.30. The number of rotatable bonds is 1. The molecule has 2 atom stereocenters. The van der Waals surface area contributed by atoms with Gasteiger partial charge < -0.3 is 5.73 Å². The zero-order valence-corrected chi connectivity index (χ0v) is 11.8. The normalized spacial score (nSPS) is 25.7. The quantitative estimate of drug-likeness (QED) is 0.848. The van der Waals surface area contributed by atoms with Crippen LogP contribution in [0.5, 0.6) is 0 Å². The molecular weight excluding hydrogens is 251 g/mol. The van der Waals surface area contributed by atoms with Gasteiger partial charge >= 0.3 is 0 Å². The van der Waals surface area contributed by atoms with Crippen LogP contribution in [0, 0.1) is 5.82 Å². The highest BCUT2D eigenvalue weighted by molar-refractivity contribution is 6.31. The average Bonchev–Trinajstić information content (AvgIpc) is 2.60. The highest BCUT2D eigenvalue weighted by Crippen LogP contribution is 2.40. The van der Waals surface area contributed by atoms with E-state index >= 15 is 0 Å². The van der Waals surface area contributed by atoms with Gasteiger partial charge in [-0.15, -0.1) is 0 Å². The summed E-state index contributed by atoms with van der Waals surface area (Å²) in [7, 11) is 0. The maximum absolute atomic E-state index is 14.1. The van der Waals surface area contributed by atoms with Crippen LogP contribution < -0.4 is 5.73 Å². The predicted molar refractivity (Wildman–Crippen MR) is 73.2 cm³/mol. The fourth-order valence-corrected chi connectivity index (χ4v) is 3.01. The van der Waals surface area contributed by atoms with E-state index < -0.39 is 0 Å². The summed E-state index contributed by atoms with van der Waals surface area (Å²) in [5, 5.41) is 0.464. The highest BCUT2D eigenvalue weighted by Gasteiger charge is 2.40. The minimum absolute atomic E-state index is 0.0512. The van der Waals surface area contributed by atoms with Crippen molar-refractivity contribution in [2.75, 3.05) is 6.54 Å². The summed E-state index contributed by atoms with van der Waals surface area (Å²) < 4.78 is 14.1. The minimum atomic E-state index is -0.265. The number of nitrogens with zero attached hydrogens (tertiary/aromatic N) is 1. The van der Waals surface area contributed by atoms with Crippen molar-refractivity contribution in [2.24, 2.45) is 5.73 Å². The zero-order valence-electron chi connectivity index (χ0n) is 11.1. The predicted octanol–water partition coefficient (Wildman–Crippen LogP) is 3.35. The lowest BCUT2D eigenvalue weighted by atomic mass is 9.96. The molecule has 0 saturated carbocycles. The van der Waals surface area contributed by atoms with E-state index in [1.165, 1.54) is 6.07 Å². The van der Waals surface area contributed by atoms with E-state index in [1.807, 2.05) is 0 Å². The maximum atomic E-state index is 14.1. The van der Waals surface area contributed by atoms with Crippen LogP contribution in [-0.4, -0.2) is 23.0 Å². The average molecular weight is 271 g/mol. The Morgan fingerprint density at radius 1 is 1.39 bits per heavy atom. The molecule has 1 heterocycles. The first kappa shape index (κ1) is 13.8. The van der Waals surface area contributed by atoms with E-state index in [-0.39, 0.29) is 23.4 Å². The van der Waals surface area contributed by atoms with Crippen molar-refractivity contribution in [3.63, 3.8) is 0 Å². The molecule has 1 aliphatic heterocycles. The van der Waals surface area contributed by atoms with E-state index in [1.54, 1.807) is 12.1 Å². The lowest BCUT2D eigenvalue weighted by Crippen LogP contribution is -2.43. The molecule has 0 aliphatic carbocycles. The number of benzene rings is 1. The lowest BCUT2D eigenvalue weighted by Gasteiger charge is -2.38. The van der Waals surface area contributed by atoms with Crippen molar-refractivity contribution in [2.45, 2.75) is 44.8 Å². The third-order valence-electron chi connectivity index (χ3n) is 3.60. The molecule has 1 aliphatic rings.